The summed E-state index contributed by atoms with van der Waals surface area (Å²) >= 11 is 0. The third-order valence-electron chi connectivity index (χ3n) is 4.56. The number of ether oxygens (including phenoxy) is 1. The first kappa shape index (κ1) is 16.3. The van der Waals surface area contributed by atoms with E-state index in [1.54, 1.807) is 29.3 Å². The van der Waals surface area contributed by atoms with E-state index in [0.29, 0.717) is 11.4 Å². The van der Waals surface area contributed by atoms with Crippen LogP contribution in [0.3, 0.4) is 0 Å². The van der Waals surface area contributed by atoms with Crippen LogP contribution in [0.25, 0.3) is 0 Å². The SMILES string of the molecule is COc1cccc(N2C(=O)[C@@H]3N=NN(c4cc(C)cc(C)c4)[C@H]3C2=O)c1. The molecule has 0 N–H and O–H groups in total. The first-order valence-corrected chi connectivity index (χ1v) is 8.30. The van der Waals surface area contributed by atoms with Crippen molar-refractivity contribution >= 4 is 23.2 Å². The number of hydrogen-bond acceptors (Lipinski definition) is 6. The molecule has 1 fully saturated rings. The van der Waals surface area contributed by atoms with Crippen LogP contribution < -0.4 is 14.6 Å². The molecule has 1 saturated heterocycles. The number of amides is 2. The van der Waals surface area contributed by atoms with E-state index in [-0.39, 0.29) is 11.8 Å². The molecule has 2 heterocycles. The second-order valence-corrected chi connectivity index (χ2v) is 6.50. The molecule has 132 valence electrons. The summed E-state index contributed by atoms with van der Waals surface area (Å²) in [5.41, 5.74) is 3.34. The van der Waals surface area contributed by atoms with E-state index in [1.165, 1.54) is 12.0 Å². The van der Waals surface area contributed by atoms with Crippen LogP contribution in [0.4, 0.5) is 11.4 Å². The third kappa shape index (κ3) is 2.44. The maximum absolute atomic E-state index is 13.1. The average molecular weight is 350 g/mol. The van der Waals surface area contributed by atoms with Gasteiger partial charge in [-0.2, -0.15) is 5.11 Å². The summed E-state index contributed by atoms with van der Waals surface area (Å²) in [4.78, 5) is 27.0. The topological polar surface area (TPSA) is 74.6 Å². The normalized spacial score (nSPS) is 21.5. The Balaban J connectivity index is 1.71. The van der Waals surface area contributed by atoms with Gasteiger partial charge in [0.2, 0.25) is 0 Å². The van der Waals surface area contributed by atoms with Crippen LogP contribution >= 0.6 is 0 Å². The Morgan fingerprint density at radius 3 is 2.38 bits per heavy atom. The maximum Gasteiger partial charge on any atom is 0.263 e. The van der Waals surface area contributed by atoms with E-state index in [9.17, 15) is 9.59 Å². The minimum atomic E-state index is -0.825. The number of methoxy groups -OCH3 is 1. The molecule has 0 bridgehead atoms. The molecule has 2 atom stereocenters. The van der Waals surface area contributed by atoms with Crippen molar-refractivity contribution in [3.8, 4) is 5.75 Å². The van der Waals surface area contributed by atoms with Gasteiger partial charge >= 0.3 is 0 Å². The lowest BCUT2D eigenvalue weighted by Gasteiger charge is -2.21. The van der Waals surface area contributed by atoms with Crippen molar-refractivity contribution in [2.45, 2.75) is 25.9 Å². The summed E-state index contributed by atoms with van der Waals surface area (Å²) in [7, 11) is 1.54. The molecular formula is C19H18N4O3. The van der Waals surface area contributed by atoms with E-state index < -0.39 is 12.1 Å². The molecule has 0 aromatic heterocycles. The van der Waals surface area contributed by atoms with E-state index in [4.69, 9.17) is 4.74 Å². The highest BCUT2D eigenvalue weighted by Crippen LogP contribution is 2.36. The summed E-state index contributed by atoms with van der Waals surface area (Å²) in [6.45, 7) is 3.96. The van der Waals surface area contributed by atoms with Crippen molar-refractivity contribution in [1.29, 1.82) is 0 Å². The van der Waals surface area contributed by atoms with Crippen LogP contribution in [-0.4, -0.2) is 31.0 Å². The summed E-state index contributed by atoms with van der Waals surface area (Å²) < 4.78 is 5.19. The maximum atomic E-state index is 13.1. The number of imide groups is 1. The molecule has 2 aromatic rings. The number of fused-ring (bicyclic) bond motifs is 1. The summed E-state index contributed by atoms with van der Waals surface area (Å²) in [6, 6.07) is 11.2. The number of hydrogen-bond donors (Lipinski definition) is 0. The molecule has 0 aliphatic carbocycles. The minimum Gasteiger partial charge on any atom is -0.497 e. The largest absolute Gasteiger partial charge is 0.497 e. The highest BCUT2D eigenvalue weighted by molar-refractivity contribution is 6.26. The smallest absolute Gasteiger partial charge is 0.263 e. The predicted octanol–water partition coefficient (Wildman–Crippen LogP) is 2.81. The lowest BCUT2D eigenvalue weighted by molar-refractivity contribution is -0.121. The summed E-state index contributed by atoms with van der Waals surface area (Å²) in [5.74, 6) is -0.130. The van der Waals surface area contributed by atoms with Gasteiger partial charge in [0, 0.05) is 6.07 Å². The molecule has 7 heteroatoms. The molecule has 0 spiro atoms. The highest BCUT2D eigenvalue weighted by atomic mass is 16.5. The van der Waals surface area contributed by atoms with Gasteiger partial charge in [0.15, 0.2) is 12.1 Å². The molecule has 7 nitrogen and oxygen atoms in total. The molecule has 4 rings (SSSR count). The number of carbonyl (C=O) groups is 2. The lowest BCUT2D eigenvalue weighted by Crippen LogP contribution is -2.40. The van der Waals surface area contributed by atoms with Crippen molar-refractivity contribution in [3.63, 3.8) is 0 Å². The fourth-order valence-electron chi connectivity index (χ4n) is 3.46. The first-order valence-electron chi connectivity index (χ1n) is 8.30. The zero-order valence-electron chi connectivity index (χ0n) is 14.7. The van der Waals surface area contributed by atoms with Crippen LogP contribution in [0, 0.1) is 13.8 Å². The predicted molar refractivity (Wildman–Crippen MR) is 96.3 cm³/mol. The molecule has 0 radical (unpaired) electrons. The highest BCUT2D eigenvalue weighted by Gasteiger charge is 2.55. The fraction of sp³-hybridized carbons (Fsp3) is 0.263. The van der Waals surface area contributed by atoms with Crippen molar-refractivity contribution in [3.05, 3.63) is 53.6 Å². The summed E-state index contributed by atoms with van der Waals surface area (Å²) in [6.07, 6.45) is 0. The van der Waals surface area contributed by atoms with Crippen LogP contribution in [0.5, 0.6) is 5.75 Å². The van der Waals surface area contributed by atoms with Crippen LogP contribution in [0.2, 0.25) is 0 Å². The van der Waals surface area contributed by atoms with Gasteiger partial charge < -0.3 is 4.74 Å². The van der Waals surface area contributed by atoms with Gasteiger partial charge in [-0.3, -0.25) is 9.59 Å². The molecule has 2 amide bonds. The second kappa shape index (κ2) is 5.94. The Kier molecular flexibility index (Phi) is 3.72. The molecule has 0 saturated carbocycles. The van der Waals surface area contributed by atoms with E-state index in [2.05, 4.69) is 10.3 Å². The Labute approximate surface area is 150 Å². The lowest BCUT2D eigenvalue weighted by atomic mass is 10.1. The van der Waals surface area contributed by atoms with E-state index in [0.717, 1.165) is 16.8 Å². The van der Waals surface area contributed by atoms with Crippen LogP contribution in [-0.2, 0) is 9.59 Å². The van der Waals surface area contributed by atoms with Crippen molar-refractivity contribution in [2.75, 3.05) is 17.0 Å². The zero-order chi connectivity index (χ0) is 18.4. The Morgan fingerprint density at radius 2 is 1.69 bits per heavy atom. The van der Waals surface area contributed by atoms with E-state index >= 15 is 0 Å². The Morgan fingerprint density at radius 1 is 0.962 bits per heavy atom. The number of nitrogens with zero attached hydrogens (tertiary/aromatic N) is 4. The molecule has 26 heavy (non-hydrogen) atoms. The van der Waals surface area contributed by atoms with Crippen molar-refractivity contribution in [2.24, 2.45) is 10.3 Å². The minimum absolute atomic E-state index is 0.336. The number of benzene rings is 2. The Bertz CT molecular complexity index is 920. The Hall–Kier alpha value is -3.22. The van der Waals surface area contributed by atoms with Gasteiger partial charge in [-0.15, -0.1) is 0 Å². The van der Waals surface area contributed by atoms with Gasteiger partial charge in [-0.25, -0.2) is 9.91 Å². The van der Waals surface area contributed by atoms with Gasteiger partial charge in [0.05, 0.1) is 18.5 Å². The molecule has 0 unspecified atom stereocenters. The van der Waals surface area contributed by atoms with Gasteiger partial charge in [0.1, 0.15) is 5.75 Å². The fourth-order valence-corrected chi connectivity index (χ4v) is 3.46. The van der Waals surface area contributed by atoms with E-state index in [1.807, 2.05) is 32.0 Å². The van der Waals surface area contributed by atoms with Crippen molar-refractivity contribution in [1.82, 2.24) is 0 Å². The number of carbonyl (C=O) groups excluding carboxylic acids is 2. The monoisotopic (exact) mass is 350 g/mol. The number of rotatable bonds is 3. The zero-order valence-corrected chi connectivity index (χ0v) is 14.7. The molecule has 2 aliphatic heterocycles. The quantitative estimate of drug-likeness (QED) is 0.798. The molecular weight excluding hydrogens is 332 g/mol. The standard InChI is InChI=1S/C19H18N4O3/c1-11-7-12(2)9-14(8-11)23-17-16(20-21-23)18(24)22(19(17)25)13-5-4-6-15(10-13)26-3/h4-10,16-17H,1-3H3/t16-,17-/m1/s1. The average Bonchev–Trinajstić information content (AvgIpc) is 3.15. The number of aryl methyl sites for hydroxylation is 2. The molecule has 2 aliphatic rings. The third-order valence-corrected chi connectivity index (χ3v) is 4.56. The molecule has 2 aromatic carbocycles. The number of anilines is 2. The van der Waals surface area contributed by atoms with Crippen LogP contribution in [0.1, 0.15) is 11.1 Å². The van der Waals surface area contributed by atoms with Crippen LogP contribution in [0.15, 0.2) is 52.8 Å². The summed E-state index contributed by atoms with van der Waals surface area (Å²) in [5, 5.41) is 9.72. The second-order valence-electron chi connectivity index (χ2n) is 6.50. The van der Waals surface area contributed by atoms with Crippen molar-refractivity contribution < 1.29 is 14.3 Å². The van der Waals surface area contributed by atoms with Gasteiger partial charge in [0.25, 0.3) is 11.8 Å². The van der Waals surface area contributed by atoms with Gasteiger partial charge in [-0.05, 0) is 49.2 Å². The van der Waals surface area contributed by atoms with Gasteiger partial charge in [-0.1, -0.05) is 17.4 Å². The first-order chi connectivity index (χ1) is 12.5.